The quantitative estimate of drug-likeness (QED) is 0.0167. The second-order valence-corrected chi connectivity index (χ2v) is 43.9. The fourth-order valence-corrected chi connectivity index (χ4v) is 22.7. The van der Waals surface area contributed by atoms with Gasteiger partial charge in [0.2, 0.25) is 0 Å². The molecule has 14 heterocycles. The van der Waals surface area contributed by atoms with E-state index in [2.05, 4.69) is 107 Å². The number of anilines is 4. The number of rotatable bonds is 34. The number of H-pyrrole nitrogens is 2. The summed E-state index contributed by atoms with van der Waals surface area (Å²) in [5.74, 6) is 0.127. The van der Waals surface area contributed by atoms with E-state index in [9.17, 15) is 180 Å². The highest BCUT2D eigenvalue weighted by molar-refractivity contribution is 7.69. The predicted molar refractivity (Wildman–Crippen MR) is 472 cm³/mol. The second kappa shape index (κ2) is 52.1. The van der Waals surface area contributed by atoms with E-state index in [0.29, 0.717) is 39.1 Å². The number of phosphoric ester groups is 5. The zero-order chi connectivity index (χ0) is 114. The summed E-state index contributed by atoms with van der Waals surface area (Å²) in [5.41, 5.74) is 17.7. The van der Waals surface area contributed by atoms with Gasteiger partial charge in [0, 0.05) is 39.7 Å². The highest BCUT2D eigenvalue weighted by Gasteiger charge is 2.54. The topological polar surface area (TPSA) is 1240 Å². The third-order valence-corrected chi connectivity index (χ3v) is 31.4. The Morgan fingerprint density at radius 3 is 0.946 bits per heavy atom. The molecule has 91 heteroatoms. The number of phosphoric acid groups is 10. The van der Waals surface area contributed by atoms with Crippen LogP contribution >= 0.6 is 96.7 Å². The first-order chi connectivity index (χ1) is 69.7. The molecule has 840 valence electrons. The van der Waals surface area contributed by atoms with Crippen LogP contribution in [0.15, 0.2) is 103 Å². The Balaban J connectivity index is 0.000000236. The lowest BCUT2D eigenvalue weighted by molar-refractivity contribution is -0.251. The van der Waals surface area contributed by atoms with Gasteiger partial charge in [-0.1, -0.05) is 13.3 Å². The van der Waals surface area contributed by atoms with Gasteiger partial charge in [-0.25, -0.2) is 84.8 Å². The van der Waals surface area contributed by atoms with Gasteiger partial charge in [-0.2, -0.15) is 22.9 Å². The molecule has 31 N–H and O–H groups in total. The van der Waals surface area contributed by atoms with Gasteiger partial charge in [-0.05, 0) is 12.1 Å². The number of nitrogen functional groups attached to an aromatic ring is 4. The molecule has 8 aromatic rings. The monoisotopic (exact) mass is 2380 g/mol. The molecule has 6 saturated heterocycles. The Morgan fingerprint density at radius 2 is 0.651 bits per heavy atom. The van der Waals surface area contributed by atoms with Crippen molar-refractivity contribution in [1.82, 2.24) is 77.2 Å². The van der Waals surface area contributed by atoms with E-state index in [4.69, 9.17) is 78.8 Å². The van der Waals surface area contributed by atoms with Crippen LogP contribution in [0, 0.1) is 0 Å². The smallest absolute Gasteiger partial charge is 0.490 e. The number of aromatic amines is 2. The lowest BCUT2D eigenvalue weighted by Crippen LogP contribution is -2.37. The number of aliphatic hydroxyl groups is 13. The van der Waals surface area contributed by atoms with Crippen LogP contribution in [-0.4, -0.2) is 346 Å². The van der Waals surface area contributed by atoms with Gasteiger partial charge in [0.25, 0.3) is 50.2 Å². The highest BCUT2D eigenvalue weighted by Crippen LogP contribution is 2.72. The van der Waals surface area contributed by atoms with Gasteiger partial charge in [0.1, 0.15) is 145 Å². The van der Waals surface area contributed by atoms with Gasteiger partial charge in [0.15, 0.2) is 60.3 Å². The molecule has 0 saturated carbocycles. The van der Waals surface area contributed by atoms with Gasteiger partial charge in [0.05, 0.1) is 52.3 Å². The first-order valence-corrected chi connectivity index (χ1v) is 56.0. The van der Waals surface area contributed by atoms with Crippen molar-refractivity contribution in [3.8, 4) is 0 Å². The molecule has 14 rings (SSSR count). The Hall–Kier alpha value is -7.14. The van der Waals surface area contributed by atoms with Crippen molar-refractivity contribution >= 4 is 142 Å². The molecule has 0 amide bonds. The molecule has 6 aliphatic rings. The fourth-order valence-electron chi connectivity index (χ4n) is 12.9. The molecule has 6 aliphatic heterocycles. The molecular weight excluding hydrogens is 2290 g/mol. The van der Waals surface area contributed by atoms with Crippen molar-refractivity contribution in [2.24, 2.45) is 0 Å². The number of nitrogens with two attached hydrogens (primary N) is 4. The summed E-state index contributed by atoms with van der Waals surface area (Å²) in [6.07, 6.45) is -27.3. The maximum atomic E-state index is 12.2. The molecule has 149 heavy (non-hydrogen) atoms. The highest BCUT2D eigenvalue weighted by atomic mass is 31.3. The number of imidazole rings is 2. The van der Waals surface area contributed by atoms with E-state index in [0.717, 1.165) is 46.1 Å². The summed E-state index contributed by atoms with van der Waals surface area (Å²) in [4.78, 5) is 232. The summed E-state index contributed by atoms with van der Waals surface area (Å²) >= 11 is 0. The van der Waals surface area contributed by atoms with Crippen LogP contribution in [0.2, 0.25) is 0 Å². The zero-order valence-corrected chi connectivity index (χ0v) is 84.8. The molecule has 6 fully saturated rings. The molecule has 79 nitrogen and oxygen atoms in total. The number of fused-ring (bicyclic) bond motifs is 2. The van der Waals surface area contributed by atoms with Crippen LogP contribution < -0.4 is 81.3 Å². The van der Waals surface area contributed by atoms with E-state index in [-0.39, 0.29) is 28.9 Å². The first kappa shape index (κ1) is 124. The Kier molecular flexibility index (Phi) is 43.3. The van der Waals surface area contributed by atoms with Gasteiger partial charge < -0.3 is 190 Å². The van der Waals surface area contributed by atoms with Crippen molar-refractivity contribution in [1.29, 1.82) is 0 Å². The van der Waals surface area contributed by atoms with Crippen molar-refractivity contribution in [3.05, 3.63) is 137 Å². The number of nitrogens with one attached hydrogen (secondary N) is 2. The summed E-state index contributed by atoms with van der Waals surface area (Å²) in [5, 5.41) is 129. The lowest BCUT2D eigenvalue weighted by Gasteiger charge is -2.33. The summed E-state index contributed by atoms with van der Waals surface area (Å²) in [7, 11) is -53.2. The summed E-state index contributed by atoms with van der Waals surface area (Å²) in [6.45, 7) is -4.67. The molecule has 0 radical (unpaired) electrons. The molecule has 0 spiro atoms. The van der Waals surface area contributed by atoms with Gasteiger partial charge in [-0.15, -0.1) is 18.5 Å². The van der Waals surface area contributed by atoms with Crippen LogP contribution in [0.4, 0.5) is 23.3 Å². The molecule has 0 aromatic carbocycles. The normalized spacial score (nSPS) is 30.5. The second-order valence-electron chi connectivity index (χ2n) is 29.4. The molecule has 17 unspecified atom stereocenters. The van der Waals surface area contributed by atoms with Crippen LogP contribution in [0.1, 0.15) is 40.1 Å². The lowest BCUT2D eigenvalue weighted by atomic mass is 10.1. The largest absolute Gasteiger partial charge is 0.756 e. The molecule has 35 atom stereocenters. The number of aliphatic hydroxyl groups excluding tert-OH is 13. The summed E-state index contributed by atoms with van der Waals surface area (Å²) in [6, 6.07) is 4.13. The number of hydrogen-bond donors (Lipinski definition) is 27. The predicted octanol–water partition coefficient (Wildman–Crippen LogP) is -14.8. The SMILES string of the molecule is Nc1ccn([C@@H]2O[C@H](COP(=O)([O-])OP(=O)([O-])O)[C@H](O)C2O)c(=O)n1.Nc1ccn([C@@H]2O[C@H](COP(=O)([O-])OP(=O)([O-])OP(=O)([O-])O)[C@H](O)C2O)c(=O)n1.Nc1ncnc2c1ncn2[C@@H]1O[C@H](CO)[C@@H](O)[C@H]1O.Nc1ncnc2c1ncn2[C@@H]1O[C@H](COP(=O)(O)O)[C@H](O)C1O.O=c1ccn([C@@H]2O[C@H](COP(=O)(O)OP(=O)(O)OP(=O)(O)OP(=O)(O)OC[C@H]3O[C@@H](n4ccc(=O)[nH]c4=O)C(O)[C@H]3O)C(O)C2O)c(=O)[nH]1.[2H]CP.[3H]CP. The van der Waals surface area contributed by atoms with E-state index in [1.165, 1.54) is 46.6 Å². The Bertz CT molecular complexity index is 6750. The number of nitrogens with zero attached hydrogens (tertiary/aromatic N) is 14. The molecular formula is C58H89N20O59P12-5. The van der Waals surface area contributed by atoms with Crippen LogP contribution in [0.3, 0.4) is 0 Å². The minimum atomic E-state index is -6.24. The Morgan fingerprint density at radius 1 is 0.383 bits per heavy atom. The number of ether oxygens (including phenoxy) is 6. The standard InChI is InChI=1S/C18H26N4O23P4.C10H14N5O7P.C10H13N5O4.C9H16N3O14P3.C9H15N3O11P2.2CH5P/c23-9-1-3-21(17(29)19-9)15-13(27)11(25)7(41-15)5-39-46(31,32)43-48(35,36)45-49(37,38)44-47(33,34)40-6-8-12(26)14(28)16(42-8)22-4-2-10(24)20-18(22)30;11-8-5-9(13-2-12-8)15(3-14-5)10-7(17)6(16)4(22-10)1-21-23(18,19)20;11-8-5-9(13-2-12-8)15(3-14-5)10-7(18)6(17)4(1-16)19-10;10-5-1-2-12(9(15)11-5)8-7(14)6(13)4(24-8)3-23-28(19,20)26-29(21,22)25-27(16,17)18;10-5-1-2-12(9(15)11-5)8-7(14)6(13)4(22-8)3-21-25(19,20)23-24(16,17)18;2*1-2/h1-4,7-8,11-16,25-28H,5-6H2,(H,31,32)(H,33,34)(H,35,36)(H,37,38)(H,19,23,29)(H,20,24,30);2-4,6-7,10,16-17H,1H2,(H2,11,12,13)(H2,18,19,20);2-4,6-7,10,16-18H,1H2,(H2,11,12,13);1-2,4,6-8,13-14H,3H2,(H,19,20)(H,21,22)(H2,10,11,15)(H2,16,17,18);1-2,4,6-8,13-14H,3H2,(H,19,20)(H2,10,11,15)(H2,16,17,18);2*2H2,1H3/p-5/t7-,8-,11+,12?,13?,14?,15-,16-;4-,6+,7?,10-;4-,6-,7-,10-;2*4-,6+,7?,8-;;/m11111../s1/i;;;;;1T;1D. The zero-order valence-electron chi connectivity index (χ0n) is 75.5. The van der Waals surface area contributed by atoms with Crippen molar-refractivity contribution in [2.45, 2.75) is 147 Å². The van der Waals surface area contributed by atoms with Crippen molar-refractivity contribution < 1.29 is 255 Å². The van der Waals surface area contributed by atoms with Crippen molar-refractivity contribution in [2.75, 3.05) is 75.9 Å². The minimum Gasteiger partial charge on any atom is -0.756 e. The minimum absolute atomic E-state index is 0.0929. The van der Waals surface area contributed by atoms with E-state index in [1.54, 1.807) is 0 Å². The molecule has 8 aromatic heterocycles. The third-order valence-electron chi connectivity index (χ3n) is 19.3. The summed E-state index contributed by atoms with van der Waals surface area (Å²) < 4.78 is 206. The maximum Gasteiger partial charge on any atom is 0.490 e. The van der Waals surface area contributed by atoms with E-state index < -0.39 is 299 Å². The fraction of sp³-hybridized carbons (Fsp3) is 0.552. The Labute approximate surface area is 831 Å². The van der Waals surface area contributed by atoms with E-state index >= 15 is 0 Å². The van der Waals surface area contributed by atoms with Crippen LogP contribution in [-0.2, 0) is 123 Å². The maximum absolute atomic E-state index is 12.2. The van der Waals surface area contributed by atoms with Crippen LogP contribution in [0.5, 0.6) is 0 Å². The number of aromatic nitrogens is 16. The molecule has 0 bridgehead atoms. The average molecular weight is 2390 g/mol. The molecule has 0 aliphatic carbocycles. The third kappa shape index (κ3) is 34.9. The first-order valence-electron chi connectivity index (χ1n) is 40.9. The number of hydrogen-bond acceptors (Lipinski definition) is 63. The average Bonchev–Trinajstić information content (AvgIpc) is 1.61. The van der Waals surface area contributed by atoms with Gasteiger partial charge in [-0.3, -0.25) is 83.4 Å². The van der Waals surface area contributed by atoms with Gasteiger partial charge >= 0.3 is 61.9 Å². The van der Waals surface area contributed by atoms with Crippen LogP contribution in [0.25, 0.3) is 22.3 Å². The van der Waals surface area contributed by atoms with E-state index in [1.807, 2.05) is 9.97 Å². The van der Waals surface area contributed by atoms with Crippen molar-refractivity contribution in [3.63, 3.8) is 0 Å².